The van der Waals surface area contributed by atoms with Gasteiger partial charge in [0.1, 0.15) is 0 Å². The minimum Gasteiger partial charge on any atom is -0.314 e. The smallest absolute Gasteiger partial charge is 0.314 e. The highest BCUT2D eigenvalue weighted by Gasteiger charge is 2.15. The van der Waals surface area contributed by atoms with Crippen LogP contribution in [0.4, 0.5) is 10.5 Å². The predicted molar refractivity (Wildman–Crippen MR) is 96.9 cm³/mol. The van der Waals surface area contributed by atoms with Crippen molar-refractivity contribution in [1.82, 2.24) is 15.5 Å². The largest absolute Gasteiger partial charge is 0.325 e. The summed E-state index contributed by atoms with van der Waals surface area (Å²) in [6.07, 6.45) is 0. The Kier molecular flexibility index (Phi) is 9.83. The van der Waals surface area contributed by atoms with Gasteiger partial charge in [0.15, 0.2) is 0 Å². The van der Waals surface area contributed by atoms with Gasteiger partial charge in [0, 0.05) is 31.9 Å². The van der Waals surface area contributed by atoms with Crippen LogP contribution in [0.3, 0.4) is 0 Å². The van der Waals surface area contributed by atoms with Gasteiger partial charge in [-0.15, -0.1) is 24.8 Å². The summed E-state index contributed by atoms with van der Waals surface area (Å²) in [5, 5.41) is 8.29. The average molecular weight is 363 g/mol. The fraction of sp³-hybridized carbons (Fsp3) is 0.467. The van der Waals surface area contributed by atoms with Crippen LogP contribution in [0.5, 0.6) is 0 Å². The molecule has 0 radical (unpaired) electrons. The van der Waals surface area contributed by atoms with E-state index in [4.69, 9.17) is 0 Å². The van der Waals surface area contributed by atoms with E-state index in [1.807, 2.05) is 36.9 Å². The minimum absolute atomic E-state index is 0. The van der Waals surface area contributed by atoms with Crippen LogP contribution in [0, 0.1) is 13.8 Å². The number of amides is 3. The number of benzene rings is 1. The Morgan fingerprint density at radius 1 is 1.17 bits per heavy atom. The summed E-state index contributed by atoms with van der Waals surface area (Å²) in [4.78, 5) is 25.7. The molecule has 1 heterocycles. The van der Waals surface area contributed by atoms with Crippen LogP contribution in [-0.4, -0.2) is 49.6 Å². The first kappa shape index (κ1) is 21.7. The SMILES string of the molecule is Cc1ccc(NC(=O)NC(=O)CN2CCNCC2)c(C)c1.Cl.Cl. The number of urea groups is 1. The third-order valence-corrected chi connectivity index (χ3v) is 3.46. The number of nitrogens with one attached hydrogen (secondary N) is 3. The van der Waals surface area contributed by atoms with Crippen LogP contribution in [-0.2, 0) is 4.79 Å². The zero-order valence-electron chi connectivity index (χ0n) is 13.3. The predicted octanol–water partition coefficient (Wildman–Crippen LogP) is 1.70. The molecule has 2 rings (SSSR count). The Bertz CT molecular complexity index is 534. The summed E-state index contributed by atoms with van der Waals surface area (Å²) in [6.45, 7) is 7.57. The van der Waals surface area contributed by atoms with Gasteiger partial charge in [0.25, 0.3) is 0 Å². The maximum absolute atomic E-state index is 11.8. The van der Waals surface area contributed by atoms with Crippen molar-refractivity contribution in [3.63, 3.8) is 0 Å². The van der Waals surface area contributed by atoms with Gasteiger partial charge in [-0.1, -0.05) is 17.7 Å². The Morgan fingerprint density at radius 3 is 2.43 bits per heavy atom. The number of anilines is 1. The maximum atomic E-state index is 11.8. The van der Waals surface area contributed by atoms with Gasteiger partial charge in [-0.25, -0.2) is 4.79 Å². The molecule has 3 amide bonds. The molecule has 1 saturated heterocycles. The van der Waals surface area contributed by atoms with Gasteiger partial charge in [-0.05, 0) is 25.5 Å². The first-order valence-electron chi connectivity index (χ1n) is 7.16. The number of hydrogen-bond donors (Lipinski definition) is 3. The van der Waals surface area contributed by atoms with Crippen LogP contribution < -0.4 is 16.0 Å². The van der Waals surface area contributed by atoms with E-state index in [0.717, 1.165) is 37.3 Å². The average Bonchev–Trinajstić information content (AvgIpc) is 2.43. The van der Waals surface area contributed by atoms with Crippen molar-refractivity contribution in [3.05, 3.63) is 29.3 Å². The van der Waals surface area contributed by atoms with Crippen LogP contribution in [0.15, 0.2) is 18.2 Å². The lowest BCUT2D eigenvalue weighted by Crippen LogP contribution is -2.48. The highest BCUT2D eigenvalue weighted by Crippen LogP contribution is 2.15. The first-order valence-corrected chi connectivity index (χ1v) is 7.16. The van der Waals surface area contributed by atoms with E-state index in [2.05, 4.69) is 16.0 Å². The molecule has 0 spiro atoms. The molecule has 1 fully saturated rings. The summed E-state index contributed by atoms with van der Waals surface area (Å²) in [5.74, 6) is -0.279. The van der Waals surface area contributed by atoms with Crippen molar-refractivity contribution >= 4 is 42.4 Å². The molecule has 1 aromatic rings. The second-order valence-electron chi connectivity index (χ2n) is 5.35. The van der Waals surface area contributed by atoms with Gasteiger partial charge >= 0.3 is 6.03 Å². The van der Waals surface area contributed by atoms with Crippen molar-refractivity contribution in [2.75, 3.05) is 38.0 Å². The van der Waals surface area contributed by atoms with Gasteiger partial charge < -0.3 is 10.6 Å². The molecule has 0 atom stereocenters. The number of aryl methyl sites for hydroxylation is 2. The van der Waals surface area contributed by atoms with Crippen LogP contribution in [0.25, 0.3) is 0 Å². The van der Waals surface area contributed by atoms with E-state index in [1.165, 1.54) is 0 Å². The zero-order chi connectivity index (χ0) is 15.2. The fourth-order valence-corrected chi connectivity index (χ4v) is 2.35. The molecule has 8 heteroatoms. The number of carbonyl (C=O) groups is 2. The molecular formula is C15H24Cl2N4O2. The number of hydrogen-bond acceptors (Lipinski definition) is 4. The molecule has 1 aliphatic heterocycles. The van der Waals surface area contributed by atoms with E-state index in [1.54, 1.807) is 0 Å². The lowest BCUT2D eigenvalue weighted by molar-refractivity contribution is -0.121. The van der Waals surface area contributed by atoms with Crippen molar-refractivity contribution in [3.8, 4) is 0 Å². The molecule has 0 saturated carbocycles. The molecule has 0 aliphatic carbocycles. The van der Waals surface area contributed by atoms with Crippen molar-refractivity contribution < 1.29 is 9.59 Å². The molecule has 130 valence electrons. The topological polar surface area (TPSA) is 73.5 Å². The molecule has 3 N–H and O–H groups in total. The Labute approximate surface area is 149 Å². The van der Waals surface area contributed by atoms with Gasteiger partial charge in [0.2, 0.25) is 5.91 Å². The first-order chi connectivity index (χ1) is 10.0. The molecule has 1 aromatic carbocycles. The summed E-state index contributed by atoms with van der Waals surface area (Å²) >= 11 is 0. The minimum atomic E-state index is -0.484. The lowest BCUT2D eigenvalue weighted by atomic mass is 10.1. The van der Waals surface area contributed by atoms with Crippen molar-refractivity contribution in [2.45, 2.75) is 13.8 Å². The second kappa shape index (κ2) is 10.4. The summed E-state index contributed by atoms with van der Waals surface area (Å²) in [7, 11) is 0. The Morgan fingerprint density at radius 2 is 1.83 bits per heavy atom. The lowest BCUT2D eigenvalue weighted by Gasteiger charge is -2.26. The number of halogens is 2. The summed E-state index contributed by atoms with van der Waals surface area (Å²) < 4.78 is 0. The molecule has 0 aromatic heterocycles. The monoisotopic (exact) mass is 362 g/mol. The van der Waals surface area contributed by atoms with Crippen LogP contribution in [0.2, 0.25) is 0 Å². The molecular weight excluding hydrogens is 339 g/mol. The molecule has 23 heavy (non-hydrogen) atoms. The third-order valence-electron chi connectivity index (χ3n) is 3.46. The maximum Gasteiger partial charge on any atom is 0.325 e. The second-order valence-corrected chi connectivity index (χ2v) is 5.35. The summed E-state index contributed by atoms with van der Waals surface area (Å²) in [6, 6.07) is 5.26. The van der Waals surface area contributed by atoms with Crippen LogP contribution in [0.1, 0.15) is 11.1 Å². The van der Waals surface area contributed by atoms with Gasteiger partial charge in [0.05, 0.1) is 6.54 Å². The highest BCUT2D eigenvalue weighted by molar-refractivity contribution is 6.02. The molecule has 1 aliphatic rings. The third kappa shape index (κ3) is 7.18. The van der Waals surface area contributed by atoms with E-state index in [9.17, 15) is 9.59 Å². The van der Waals surface area contributed by atoms with Gasteiger partial charge in [-0.3, -0.25) is 15.0 Å². The zero-order valence-corrected chi connectivity index (χ0v) is 15.0. The number of carbonyl (C=O) groups excluding carboxylic acids is 2. The normalized spacial score (nSPS) is 14.2. The van der Waals surface area contributed by atoms with Crippen molar-refractivity contribution in [2.24, 2.45) is 0 Å². The molecule has 0 unspecified atom stereocenters. The number of rotatable bonds is 3. The highest BCUT2D eigenvalue weighted by atomic mass is 35.5. The van der Waals surface area contributed by atoms with Gasteiger partial charge in [-0.2, -0.15) is 0 Å². The standard InChI is InChI=1S/C15H22N4O2.2ClH/c1-11-3-4-13(12(2)9-11)17-15(21)18-14(20)10-19-7-5-16-6-8-19;;/h3-4,9,16H,5-8,10H2,1-2H3,(H2,17,18,20,21);2*1H. The quantitative estimate of drug-likeness (QED) is 0.764. The fourth-order valence-electron chi connectivity index (χ4n) is 2.35. The van der Waals surface area contributed by atoms with E-state index in [-0.39, 0.29) is 37.3 Å². The van der Waals surface area contributed by atoms with Crippen molar-refractivity contribution in [1.29, 1.82) is 0 Å². The number of nitrogens with zero attached hydrogens (tertiary/aromatic N) is 1. The Balaban J connectivity index is 0.00000242. The van der Waals surface area contributed by atoms with Crippen LogP contribution >= 0.6 is 24.8 Å². The van der Waals surface area contributed by atoms with E-state index in [0.29, 0.717) is 5.69 Å². The summed E-state index contributed by atoms with van der Waals surface area (Å²) in [5.41, 5.74) is 2.82. The Hall–Kier alpha value is -1.34. The number of imide groups is 1. The van der Waals surface area contributed by atoms with E-state index >= 15 is 0 Å². The molecule has 0 bridgehead atoms. The van der Waals surface area contributed by atoms with E-state index < -0.39 is 6.03 Å². The number of piperazine rings is 1. The molecule has 6 nitrogen and oxygen atoms in total.